The molecule has 3 nitrogen and oxygen atoms in total. The number of rotatable bonds is 1. The first-order valence-electron chi connectivity index (χ1n) is 6.50. The lowest BCUT2D eigenvalue weighted by Gasteiger charge is -2.46. The van der Waals surface area contributed by atoms with Crippen LogP contribution in [0.2, 0.25) is 0 Å². The molecule has 0 aromatic rings. The first kappa shape index (κ1) is 12.3. The zero-order valence-corrected chi connectivity index (χ0v) is 10.8. The molecule has 1 aliphatic carbocycles. The van der Waals surface area contributed by atoms with Crippen LogP contribution in [-0.2, 0) is 9.47 Å². The van der Waals surface area contributed by atoms with Gasteiger partial charge in [-0.1, -0.05) is 27.2 Å². The number of hydrogen-bond donors (Lipinski definition) is 1. The molecule has 1 aliphatic heterocycles. The fourth-order valence-electron chi connectivity index (χ4n) is 3.22. The summed E-state index contributed by atoms with van der Waals surface area (Å²) in [6.45, 7) is 8.09. The predicted octanol–water partition coefficient (Wildman–Crippen LogP) is 2.29. The largest absolute Gasteiger partial charge is 0.347 e. The van der Waals surface area contributed by atoms with Crippen LogP contribution in [0.4, 0.5) is 0 Å². The van der Waals surface area contributed by atoms with Crippen LogP contribution >= 0.6 is 0 Å². The van der Waals surface area contributed by atoms with Gasteiger partial charge >= 0.3 is 0 Å². The average Bonchev–Trinajstić information content (AvgIpc) is 2.61. The Morgan fingerprint density at radius 3 is 2.62 bits per heavy atom. The van der Waals surface area contributed by atoms with E-state index in [1.54, 1.807) is 0 Å². The van der Waals surface area contributed by atoms with Crippen molar-refractivity contribution in [3.8, 4) is 0 Å². The van der Waals surface area contributed by atoms with E-state index in [0.717, 1.165) is 6.42 Å². The first-order chi connectivity index (χ1) is 7.48. The summed E-state index contributed by atoms with van der Waals surface area (Å²) in [4.78, 5) is 0. The van der Waals surface area contributed by atoms with Crippen LogP contribution < -0.4 is 5.73 Å². The maximum atomic E-state index is 6.13. The second-order valence-corrected chi connectivity index (χ2v) is 6.26. The molecule has 0 radical (unpaired) electrons. The Labute approximate surface area is 98.7 Å². The smallest absolute Gasteiger partial charge is 0.172 e. The van der Waals surface area contributed by atoms with E-state index >= 15 is 0 Å². The van der Waals surface area contributed by atoms with Gasteiger partial charge < -0.3 is 15.2 Å². The highest BCUT2D eigenvalue weighted by molar-refractivity contribution is 4.94. The van der Waals surface area contributed by atoms with Crippen LogP contribution in [0.3, 0.4) is 0 Å². The summed E-state index contributed by atoms with van der Waals surface area (Å²) in [6, 6.07) is 0. The van der Waals surface area contributed by atoms with Gasteiger partial charge in [0.25, 0.3) is 0 Å². The van der Waals surface area contributed by atoms with Gasteiger partial charge in [0.15, 0.2) is 5.79 Å². The highest BCUT2D eigenvalue weighted by Gasteiger charge is 2.52. The standard InChI is InChI=1S/C13H25NO2/c1-12(2,3)11-6-4-5-7-13(11)15-9-10(8-14)16-13/h10-11H,4-9,14H2,1-3H3. The molecule has 0 aromatic heterocycles. The summed E-state index contributed by atoms with van der Waals surface area (Å²) >= 11 is 0. The highest BCUT2D eigenvalue weighted by Crippen LogP contribution is 2.49. The third kappa shape index (κ3) is 2.13. The molecule has 2 aliphatic rings. The van der Waals surface area contributed by atoms with Crippen LogP contribution in [0.5, 0.6) is 0 Å². The second-order valence-electron chi connectivity index (χ2n) is 6.26. The van der Waals surface area contributed by atoms with E-state index in [1.807, 2.05) is 0 Å². The maximum absolute atomic E-state index is 6.13. The topological polar surface area (TPSA) is 44.5 Å². The monoisotopic (exact) mass is 227 g/mol. The molecule has 1 saturated heterocycles. The van der Waals surface area contributed by atoms with Gasteiger partial charge in [0, 0.05) is 18.9 Å². The fraction of sp³-hybridized carbons (Fsp3) is 1.00. The molecule has 2 N–H and O–H groups in total. The lowest BCUT2D eigenvalue weighted by molar-refractivity contribution is -0.241. The Morgan fingerprint density at radius 1 is 1.31 bits per heavy atom. The average molecular weight is 227 g/mol. The van der Waals surface area contributed by atoms with Crippen LogP contribution in [0.15, 0.2) is 0 Å². The quantitative estimate of drug-likeness (QED) is 0.747. The van der Waals surface area contributed by atoms with Gasteiger partial charge in [-0.05, 0) is 18.3 Å². The molecule has 3 heteroatoms. The lowest BCUT2D eigenvalue weighted by Crippen LogP contribution is -2.48. The van der Waals surface area contributed by atoms with Gasteiger partial charge in [0.2, 0.25) is 0 Å². The summed E-state index contributed by atoms with van der Waals surface area (Å²) in [6.07, 6.45) is 4.85. The van der Waals surface area contributed by atoms with Crippen molar-refractivity contribution in [2.24, 2.45) is 17.1 Å². The molecule has 94 valence electrons. The molecule has 3 unspecified atom stereocenters. The van der Waals surface area contributed by atoms with Crippen molar-refractivity contribution in [1.29, 1.82) is 0 Å². The molecule has 1 saturated carbocycles. The zero-order valence-electron chi connectivity index (χ0n) is 10.8. The van der Waals surface area contributed by atoms with Crippen LogP contribution in [0.25, 0.3) is 0 Å². The first-order valence-corrected chi connectivity index (χ1v) is 6.50. The van der Waals surface area contributed by atoms with E-state index in [4.69, 9.17) is 15.2 Å². The Balaban J connectivity index is 2.16. The fourth-order valence-corrected chi connectivity index (χ4v) is 3.22. The molecule has 16 heavy (non-hydrogen) atoms. The van der Waals surface area contributed by atoms with Gasteiger partial charge in [-0.3, -0.25) is 0 Å². The van der Waals surface area contributed by atoms with Crippen molar-refractivity contribution in [3.63, 3.8) is 0 Å². The van der Waals surface area contributed by atoms with E-state index in [9.17, 15) is 0 Å². The Kier molecular flexibility index (Phi) is 3.30. The van der Waals surface area contributed by atoms with Gasteiger partial charge in [0.1, 0.15) is 0 Å². The molecular formula is C13H25NO2. The number of hydrogen-bond acceptors (Lipinski definition) is 3. The van der Waals surface area contributed by atoms with Crippen molar-refractivity contribution in [3.05, 3.63) is 0 Å². The molecule has 0 bridgehead atoms. The molecule has 2 rings (SSSR count). The Bertz CT molecular complexity index is 249. The maximum Gasteiger partial charge on any atom is 0.172 e. The molecule has 1 heterocycles. The number of ether oxygens (including phenoxy) is 2. The Morgan fingerprint density at radius 2 is 2.06 bits per heavy atom. The number of nitrogens with two attached hydrogens (primary N) is 1. The van der Waals surface area contributed by atoms with Crippen molar-refractivity contribution in [2.45, 2.75) is 58.3 Å². The van der Waals surface area contributed by atoms with E-state index in [0.29, 0.717) is 19.1 Å². The van der Waals surface area contributed by atoms with Gasteiger partial charge in [-0.2, -0.15) is 0 Å². The third-order valence-corrected chi connectivity index (χ3v) is 3.99. The van der Waals surface area contributed by atoms with Crippen molar-refractivity contribution >= 4 is 0 Å². The lowest BCUT2D eigenvalue weighted by atomic mass is 9.68. The molecule has 1 spiro atoms. The summed E-state index contributed by atoms with van der Waals surface area (Å²) < 4.78 is 12.2. The summed E-state index contributed by atoms with van der Waals surface area (Å²) in [5.41, 5.74) is 5.91. The van der Waals surface area contributed by atoms with Crippen LogP contribution in [0.1, 0.15) is 46.5 Å². The molecular weight excluding hydrogens is 202 g/mol. The van der Waals surface area contributed by atoms with Crippen molar-refractivity contribution in [1.82, 2.24) is 0 Å². The van der Waals surface area contributed by atoms with Crippen LogP contribution in [0, 0.1) is 11.3 Å². The minimum atomic E-state index is -0.333. The molecule has 2 fully saturated rings. The highest BCUT2D eigenvalue weighted by atomic mass is 16.7. The SMILES string of the molecule is CC(C)(C)C1CCCCC12OCC(CN)O2. The van der Waals surface area contributed by atoms with E-state index < -0.39 is 0 Å². The minimum Gasteiger partial charge on any atom is -0.347 e. The summed E-state index contributed by atoms with van der Waals surface area (Å²) in [5, 5.41) is 0. The molecule has 3 atom stereocenters. The predicted molar refractivity (Wildman–Crippen MR) is 64.0 cm³/mol. The summed E-state index contributed by atoms with van der Waals surface area (Å²) in [5.74, 6) is 0.158. The minimum absolute atomic E-state index is 0.1000. The van der Waals surface area contributed by atoms with Crippen molar-refractivity contribution in [2.75, 3.05) is 13.2 Å². The normalized spacial score (nSPS) is 40.5. The van der Waals surface area contributed by atoms with E-state index in [1.165, 1.54) is 19.3 Å². The van der Waals surface area contributed by atoms with E-state index in [-0.39, 0.29) is 17.3 Å². The van der Waals surface area contributed by atoms with Gasteiger partial charge in [-0.15, -0.1) is 0 Å². The second kappa shape index (κ2) is 4.28. The van der Waals surface area contributed by atoms with Gasteiger partial charge in [0.05, 0.1) is 12.7 Å². The van der Waals surface area contributed by atoms with E-state index in [2.05, 4.69) is 20.8 Å². The summed E-state index contributed by atoms with van der Waals surface area (Å²) in [7, 11) is 0. The molecule has 0 aromatic carbocycles. The zero-order chi connectivity index (χ0) is 11.8. The van der Waals surface area contributed by atoms with Crippen molar-refractivity contribution < 1.29 is 9.47 Å². The molecule has 0 amide bonds. The van der Waals surface area contributed by atoms with Gasteiger partial charge in [-0.25, -0.2) is 0 Å². The Hall–Kier alpha value is -0.120. The third-order valence-electron chi connectivity index (χ3n) is 3.99. The van der Waals surface area contributed by atoms with Crippen LogP contribution in [-0.4, -0.2) is 25.0 Å².